The van der Waals surface area contributed by atoms with Crippen LogP contribution in [0.5, 0.6) is 0 Å². The number of benzene rings is 1. The number of hydrogen-bond acceptors (Lipinski definition) is 4. The van der Waals surface area contributed by atoms with Gasteiger partial charge in [-0.3, -0.25) is 14.4 Å². The maximum atomic E-state index is 12.7. The molecule has 0 saturated heterocycles. The summed E-state index contributed by atoms with van der Waals surface area (Å²) in [6.45, 7) is 4.13. The van der Waals surface area contributed by atoms with Gasteiger partial charge in [0.25, 0.3) is 5.91 Å². The third-order valence-corrected chi connectivity index (χ3v) is 4.06. The molecule has 7 nitrogen and oxygen atoms in total. The van der Waals surface area contributed by atoms with E-state index in [-0.39, 0.29) is 17.7 Å². The summed E-state index contributed by atoms with van der Waals surface area (Å²) in [5.74, 6) is -1.39. The van der Waals surface area contributed by atoms with Gasteiger partial charge >= 0.3 is 11.8 Å². The van der Waals surface area contributed by atoms with Crippen LogP contribution >= 0.6 is 0 Å². The van der Waals surface area contributed by atoms with Gasteiger partial charge in [0.2, 0.25) is 0 Å². The normalized spacial score (nSPS) is 13.3. The van der Waals surface area contributed by atoms with Crippen molar-refractivity contribution in [1.29, 1.82) is 0 Å². The van der Waals surface area contributed by atoms with Crippen LogP contribution in [0, 0.1) is 0 Å². The molecule has 2 aromatic rings. The van der Waals surface area contributed by atoms with Crippen molar-refractivity contribution in [3.05, 3.63) is 47.9 Å². The van der Waals surface area contributed by atoms with E-state index >= 15 is 0 Å². The molecule has 3 rings (SSSR count). The lowest BCUT2D eigenvalue weighted by atomic mass is 10.0. The summed E-state index contributed by atoms with van der Waals surface area (Å²) in [5, 5.41) is 5.12. The monoisotopic (exact) mass is 355 g/mol. The van der Waals surface area contributed by atoms with E-state index < -0.39 is 11.8 Å². The summed E-state index contributed by atoms with van der Waals surface area (Å²) in [6.07, 6.45) is 3.16. The van der Waals surface area contributed by atoms with Crippen molar-refractivity contribution < 1.29 is 18.8 Å². The van der Waals surface area contributed by atoms with Gasteiger partial charge in [-0.15, -0.1) is 0 Å². The third kappa shape index (κ3) is 3.77. The van der Waals surface area contributed by atoms with Crippen molar-refractivity contribution in [2.75, 3.05) is 16.8 Å². The van der Waals surface area contributed by atoms with Gasteiger partial charge in [-0.25, -0.2) is 0 Å². The van der Waals surface area contributed by atoms with Crippen LogP contribution in [0.15, 0.2) is 41.0 Å². The van der Waals surface area contributed by atoms with Crippen molar-refractivity contribution in [3.63, 3.8) is 0 Å². The van der Waals surface area contributed by atoms with Crippen molar-refractivity contribution in [3.8, 4) is 0 Å². The van der Waals surface area contributed by atoms with Crippen molar-refractivity contribution in [2.24, 2.45) is 0 Å². The standard InChI is InChI=1S/C19H21N3O4/c1-12(2)20-17(23)18(24)21-14-8-7-13-5-3-9-22(15(13)11-14)19(25)16-6-4-10-26-16/h4,6-8,10-12H,3,5,9H2,1-2H3,(H,20,23)(H,21,24). The number of nitrogens with zero attached hydrogens (tertiary/aromatic N) is 1. The Morgan fingerprint density at radius 1 is 1.15 bits per heavy atom. The van der Waals surface area contributed by atoms with Crippen LogP contribution in [-0.2, 0) is 16.0 Å². The summed E-state index contributed by atoms with van der Waals surface area (Å²) in [5.41, 5.74) is 2.20. The number of carbonyl (C=O) groups excluding carboxylic acids is 3. The fourth-order valence-corrected chi connectivity index (χ4v) is 2.91. The molecular weight excluding hydrogens is 334 g/mol. The minimum absolute atomic E-state index is 0.127. The van der Waals surface area contributed by atoms with Crippen LogP contribution in [0.3, 0.4) is 0 Å². The van der Waals surface area contributed by atoms with Gasteiger partial charge < -0.3 is 20.0 Å². The van der Waals surface area contributed by atoms with Gasteiger partial charge in [-0.05, 0) is 56.5 Å². The molecule has 1 aromatic carbocycles. The molecule has 2 N–H and O–H groups in total. The zero-order chi connectivity index (χ0) is 18.7. The zero-order valence-electron chi connectivity index (χ0n) is 14.7. The minimum Gasteiger partial charge on any atom is -0.459 e. The Balaban J connectivity index is 1.82. The van der Waals surface area contributed by atoms with E-state index in [0.29, 0.717) is 12.2 Å². The molecule has 0 spiro atoms. The third-order valence-electron chi connectivity index (χ3n) is 4.06. The van der Waals surface area contributed by atoms with Crippen LogP contribution in [0.1, 0.15) is 36.4 Å². The number of anilines is 2. The van der Waals surface area contributed by atoms with Gasteiger partial charge in [-0.1, -0.05) is 6.07 Å². The lowest BCUT2D eigenvalue weighted by Gasteiger charge is -2.29. The Hall–Kier alpha value is -3.09. The molecule has 2 heterocycles. The first-order valence-corrected chi connectivity index (χ1v) is 8.56. The summed E-state index contributed by atoms with van der Waals surface area (Å²) in [7, 11) is 0. The first kappa shape index (κ1) is 17.7. The first-order chi connectivity index (χ1) is 12.5. The van der Waals surface area contributed by atoms with Crippen LogP contribution in [0.4, 0.5) is 11.4 Å². The van der Waals surface area contributed by atoms with Crippen LogP contribution < -0.4 is 15.5 Å². The molecule has 0 bridgehead atoms. The smallest absolute Gasteiger partial charge is 0.313 e. The van der Waals surface area contributed by atoms with E-state index in [9.17, 15) is 14.4 Å². The molecule has 0 aliphatic carbocycles. The second kappa shape index (κ2) is 7.43. The van der Waals surface area contributed by atoms with E-state index in [1.165, 1.54) is 6.26 Å². The number of nitrogens with one attached hydrogen (secondary N) is 2. The second-order valence-electron chi connectivity index (χ2n) is 6.46. The van der Waals surface area contributed by atoms with Gasteiger partial charge in [0.1, 0.15) is 0 Å². The largest absolute Gasteiger partial charge is 0.459 e. The van der Waals surface area contributed by atoms with E-state index in [4.69, 9.17) is 4.42 Å². The Kier molecular flexibility index (Phi) is 5.06. The molecule has 3 amide bonds. The Morgan fingerprint density at radius 2 is 1.96 bits per heavy atom. The maximum Gasteiger partial charge on any atom is 0.313 e. The van der Waals surface area contributed by atoms with Gasteiger partial charge in [0.05, 0.1) is 6.26 Å². The van der Waals surface area contributed by atoms with Crippen LogP contribution in [0.25, 0.3) is 0 Å². The van der Waals surface area contributed by atoms with Gasteiger partial charge in [0, 0.05) is 24.0 Å². The molecule has 136 valence electrons. The highest BCUT2D eigenvalue weighted by atomic mass is 16.3. The molecule has 0 radical (unpaired) electrons. The van der Waals surface area contributed by atoms with Crippen molar-refractivity contribution >= 4 is 29.1 Å². The maximum absolute atomic E-state index is 12.7. The molecule has 0 atom stereocenters. The number of aryl methyl sites for hydroxylation is 1. The molecule has 1 aromatic heterocycles. The van der Waals surface area contributed by atoms with E-state index in [1.807, 2.05) is 6.07 Å². The van der Waals surface area contributed by atoms with Crippen LogP contribution in [-0.4, -0.2) is 30.3 Å². The molecule has 0 fully saturated rings. The highest BCUT2D eigenvalue weighted by molar-refractivity contribution is 6.39. The van der Waals surface area contributed by atoms with E-state index in [1.54, 1.807) is 43.0 Å². The predicted molar refractivity (Wildman–Crippen MR) is 97.1 cm³/mol. The number of rotatable bonds is 3. The quantitative estimate of drug-likeness (QED) is 0.827. The van der Waals surface area contributed by atoms with E-state index in [0.717, 1.165) is 24.1 Å². The second-order valence-corrected chi connectivity index (χ2v) is 6.46. The fraction of sp³-hybridized carbons (Fsp3) is 0.316. The molecule has 0 unspecified atom stereocenters. The summed E-state index contributed by atoms with van der Waals surface area (Å²) in [6, 6.07) is 8.49. The average molecular weight is 355 g/mol. The highest BCUT2D eigenvalue weighted by Crippen LogP contribution is 2.31. The Morgan fingerprint density at radius 3 is 2.65 bits per heavy atom. The number of carbonyl (C=O) groups is 3. The number of furan rings is 1. The Bertz CT molecular complexity index is 827. The van der Waals surface area contributed by atoms with Gasteiger partial charge in [0.15, 0.2) is 5.76 Å². The Labute approximate surface area is 151 Å². The average Bonchev–Trinajstić information content (AvgIpc) is 3.14. The van der Waals surface area contributed by atoms with Crippen molar-refractivity contribution in [2.45, 2.75) is 32.7 Å². The first-order valence-electron chi connectivity index (χ1n) is 8.56. The minimum atomic E-state index is -0.738. The molecule has 1 aliphatic rings. The topological polar surface area (TPSA) is 91.7 Å². The van der Waals surface area contributed by atoms with Crippen molar-refractivity contribution in [1.82, 2.24) is 5.32 Å². The number of fused-ring (bicyclic) bond motifs is 1. The van der Waals surface area contributed by atoms with Crippen LogP contribution in [0.2, 0.25) is 0 Å². The van der Waals surface area contributed by atoms with E-state index in [2.05, 4.69) is 10.6 Å². The fourth-order valence-electron chi connectivity index (χ4n) is 2.91. The lowest BCUT2D eigenvalue weighted by Crippen LogP contribution is -2.39. The number of amides is 3. The molecule has 1 aliphatic heterocycles. The molecule has 26 heavy (non-hydrogen) atoms. The summed E-state index contributed by atoms with van der Waals surface area (Å²) >= 11 is 0. The summed E-state index contributed by atoms with van der Waals surface area (Å²) in [4.78, 5) is 38.1. The van der Waals surface area contributed by atoms with Gasteiger partial charge in [-0.2, -0.15) is 0 Å². The lowest BCUT2D eigenvalue weighted by molar-refractivity contribution is -0.136. The number of hydrogen-bond donors (Lipinski definition) is 2. The zero-order valence-corrected chi connectivity index (χ0v) is 14.7. The summed E-state index contributed by atoms with van der Waals surface area (Å²) < 4.78 is 5.21. The molecular formula is C19H21N3O4. The molecule has 0 saturated carbocycles. The molecule has 7 heteroatoms. The highest BCUT2D eigenvalue weighted by Gasteiger charge is 2.26. The predicted octanol–water partition coefficient (Wildman–Crippen LogP) is 2.34. The SMILES string of the molecule is CC(C)NC(=O)C(=O)Nc1ccc2c(c1)N(C(=O)c1ccco1)CCC2.